The van der Waals surface area contributed by atoms with E-state index in [4.69, 9.17) is 0 Å². The molecule has 0 unspecified atom stereocenters. The van der Waals surface area contributed by atoms with E-state index in [1.807, 2.05) is 6.92 Å². The van der Waals surface area contributed by atoms with Crippen molar-refractivity contribution in [3.8, 4) is 0 Å². The Morgan fingerprint density at radius 1 is 1.12 bits per heavy atom. The number of aryl methyl sites for hydroxylation is 1. The molecule has 7 heteroatoms. The molecule has 2 rings (SSSR count). The average molecular weight is 362 g/mol. The molecule has 25 heavy (non-hydrogen) atoms. The number of ketones is 1. The molecular weight excluding hydrogens is 340 g/mol. The van der Waals surface area contributed by atoms with E-state index in [-0.39, 0.29) is 22.6 Å². The number of amides is 1. The lowest BCUT2D eigenvalue weighted by atomic mass is 10.1. The first-order valence-electron chi connectivity index (χ1n) is 7.83. The lowest BCUT2D eigenvalue weighted by Gasteiger charge is -2.14. The van der Waals surface area contributed by atoms with Gasteiger partial charge in [0.1, 0.15) is 5.69 Å². The van der Waals surface area contributed by atoms with Gasteiger partial charge in [-0.25, -0.2) is 8.42 Å². The van der Waals surface area contributed by atoms with Gasteiger partial charge < -0.3 is 10.3 Å². The molecule has 0 spiro atoms. The van der Waals surface area contributed by atoms with E-state index < -0.39 is 9.84 Å². The van der Waals surface area contributed by atoms with E-state index in [0.29, 0.717) is 22.5 Å². The summed E-state index contributed by atoms with van der Waals surface area (Å²) < 4.78 is 23.0. The molecule has 1 heterocycles. The molecule has 0 radical (unpaired) electrons. The van der Waals surface area contributed by atoms with Crippen LogP contribution >= 0.6 is 0 Å². The molecule has 0 saturated heterocycles. The van der Waals surface area contributed by atoms with Crippen molar-refractivity contribution in [3.05, 3.63) is 52.3 Å². The van der Waals surface area contributed by atoms with Crippen LogP contribution in [0.1, 0.15) is 57.6 Å². The van der Waals surface area contributed by atoms with Crippen LogP contribution in [-0.2, 0) is 9.84 Å². The van der Waals surface area contributed by atoms with Crippen molar-refractivity contribution in [1.82, 2.24) is 10.3 Å². The molecule has 2 aromatic rings. The monoisotopic (exact) mass is 362 g/mol. The molecule has 1 aromatic heterocycles. The summed E-state index contributed by atoms with van der Waals surface area (Å²) in [5.41, 5.74) is 2.98. The Kier molecular flexibility index (Phi) is 5.17. The van der Waals surface area contributed by atoms with E-state index in [2.05, 4.69) is 10.3 Å². The van der Waals surface area contributed by atoms with Crippen molar-refractivity contribution in [2.45, 2.75) is 38.6 Å². The summed E-state index contributed by atoms with van der Waals surface area (Å²) in [4.78, 5) is 27.4. The Morgan fingerprint density at radius 3 is 2.12 bits per heavy atom. The first kappa shape index (κ1) is 18.9. The number of sulfone groups is 1. The maximum absolute atomic E-state index is 12.5. The van der Waals surface area contributed by atoms with E-state index in [1.165, 1.54) is 19.1 Å². The van der Waals surface area contributed by atoms with Crippen LogP contribution < -0.4 is 5.32 Å². The summed E-state index contributed by atoms with van der Waals surface area (Å²) in [6.07, 6.45) is 1.15. The zero-order valence-electron chi connectivity index (χ0n) is 14.9. The Hall–Kier alpha value is -2.41. The number of rotatable bonds is 5. The molecule has 1 amide bonds. The second-order valence-electron chi connectivity index (χ2n) is 6.22. The molecule has 0 bridgehead atoms. The Morgan fingerprint density at radius 2 is 1.68 bits per heavy atom. The Labute approximate surface area is 147 Å². The number of carbonyl (C=O) groups is 2. The highest BCUT2D eigenvalue weighted by molar-refractivity contribution is 7.90. The molecule has 0 aliphatic heterocycles. The average Bonchev–Trinajstić information content (AvgIpc) is 2.81. The van der Waals surface area contributed by atoms with Crippen molar-refractivity contribution >= 4 is 21.5 Å². The van der Waals surface area contributed by atoms with Gasteiger partial charge in [-0.1, -0.05) is 12.1 Å². The lowest BCUT2D eigenvalue weighted by Crippen LogP contribution is -2.27. The fourth-order valence-corrected chi connectivity index (χ4v) is 3.49. The minimum atomic E-state index is -3.25. The standard InChI is InChI=1S/C18H22N2O4S/c1-10-16(13(4)21)12(3)19-17(10)18(22)20-11(2)14-6-8-15(9-7-14)25(5,23)24/h6-9,11,19H,1-5H3,(H,20,22)/t11-/m1/s1. The predicted molar refractivity (Wildman–Crippen MR) is 95.7 cm³/mol. The highest BCUT2D eigenvalue weighted by Gasteiger charge is 2.21. The minimum Gasteiger partial charge on any atom is -0.354 e. The molecule has 6 nitrogen and oxygen atoms in total. The quantitative estimate of drug-likeness (QED) is 0.799. The van der Waals surface area contributed by atoms with Crippen LogP contribution in [0.15, 0.2) is 29.2 Å². The fraction of sp³-hybridized carbons (Fsp3) is 0.333. The number of nitrogens with one attached hydrogen (secondary N) is 2. The first-order valence-corrected chi connectivity index (χ1v) is 9.72. The first-order chi connectivity index (χ1) is 11.5. The third-order valence-electron chi connectivity index (χ3n) is 4.17. The molecule has 0 saturated carbocycles. The number of hydrogen-bond acceptors (Lipinski definition) is 4. The van der Waals surface area contributed by atoms with Crippen molar-refractivity contribution < 1.29 is 18.0 Å². The van der Waals surface area contributed by atoms with E-state index >= 15 is 0 Å². The number of Topliss-reactive ketones (excluding diaryl/α,β-unsaturated/α-hetero) is 1. The normalized spacial score (nSPS) is 12.7. The molecule has 1 aromatic carbocycles. The maximum Gasteiger partial charge on any atom is 0.268 e. The van der Waals surface area contributed by atoms with Crippen molar-refractivity contribution in [1.29, 1.82) is 0 Å². The zero-order chi connectivity index (χ0) is 18.9. The smallest absolute Gasteiger partial charge is 0.268 e. The van der Waals surface area contributed by atoms with Gasteiger partial charge in [-0.3, -0.25) is 9.59 Å². The van der Waals surface area contributed by atoms with Gasteiger partial charge in [0, 0.05) is 17.5 Å². The molecule has 1 atom stereocenters. The van der Waals surface area contributed by atoms with Crippen molar-refractivity contribution in [2.75, 3.05) is 6.26 Å². The summed E-state index contributed by atoms with van der Waals surface area (Å²) in [7, 11) is -3.25. The molecule has 134 valence electrons. The van der Waals surface area contributed by atoms with Crippen LogP contribution in [0, 0.1) is 13.8 Å². The van der Waals surface area contributed by atoms with Gasteiger partial charge in [0.2, 0.25) is 0 Å². The summed E-state index contributed by atoms with van der Waals surface area (Å²) in [6, 6.07) is 6.07. The Balaban J connectivity index is 2.21. The van der Waals surface area contributed by atoms with Crippen molar-refractivity contribution in [2.24, 2.45) is 0 Å². The largest absolute Gasteiger partial charge is 0.354 e. The third kappa shape index (κ3) is 3.99. The summed E-state index contributed by atoms with van der Waals surface area (Å²) in [5, 5.41) is 2.86. The fourth-order valence-electron chi connectivity index (χ4n) is 2.86. The molecule has 0 aliphatic carbocycles. The third-order valence-corrected chi connectivity index (χ3v) is 5.30. The highest BCUT2D eigenvalue weighted by atomic mass is 32.2. The van der Waals surface area contributed by atoms with Gasteiger partial charge >= 0.3 is 0 Å². The maximum atomic E-state index is 12.5. The number of aromatic amines is 1. The minimum absolute atomic E-state index is 0.0882. The van der Waals surface area contributed by atoms with Gasteiger partial charge in [-0.05, 0) is 51.0 Å². The number of aromatic nitrogens is 1. The lowest BCUT2D eigenvalue weighted by molar-refractivity contribution is 0.0934. The summed E-state index contributed by atoms with van der Waals surface area (Å²) in [5.74, 6) is -0.400. The van der Waals surface area contributed by atoms with Crippen LogP contribution in [0.5, 0.6) is 0 Å². The van der Waals surface area contributed by atoms with Crippen LogP contribution in [0.25, 0.3) is 0 Å². The van der Waals surface area contributed by atoms with Crippen LogP contribution in [-0.4, -0.2) is 31.3 Å². The van der Waals surface area contributed by atoms with Gasteiger partial charge in [-0.2, -0.15) is 0 Å². The topological polar surface area (TPSA) is 96.1 Å². The SMILES string of the molecule is CC(=O)c1c(C)[nH]c(C(=O)N[C@H](C)c2ccc(S(C)(=O)=O)cc2)c1C. The van der Waals surface area contributed by atoms with Gasteiger partial charge in [-0.15, -0.1) is 0 Å². The second kappa shape index (κ2) is 6.84. The highest BCUT2D eigenvalue weighted by Crippen LogP contribution is 2.20. The molecule has 0 aliphatic rings. The summed E-state index contributed by atoms with van der Waals surface area (Å²) >= 11 is 0. The van der Waals surface area contributed by atoms with Gasteiger partial charge in [0.25, 0.3) is 5.91 Å². The number of benzene rings is 1. The van der Waals surface area contributed by atoms with E-state index in [1.54, 1.807) is 26.0 Å². The van der Waals surface area contributed by atoms with Crippen LogP contribution in [0.3, 0.4) is 0 Å². The number of carbonyl (C=O) groups excluding carboxylic acids is 2. The van der Waals surface area contributed by atoms with Crippen molar-refractivity contribution in [3.63, 3.8) is 0 Å². The van der Waals surface area contributed by atoms with Crippen LogP contribution in [0.4, 0.5) is 0 Å². The molecule has 2 N–H and O–H groups in total. The second-order valence-corrected chi connectivity index (χ2v) is 8.23. The van der Waals surface area contributed by atoms with Gasteiger partial charge in [0.05, 0.1) is 10.9 Å². The number of hydrogen-bond donors (Lipinski definition) is 2. The van der Waals surface area contributed by atoms with E-state index in [9.17, 15) is 18.0 Å². The van der Waals surface area contributed by atoms with Gasteiger partial charge in [0.15, 0.2) is 15.6 Å². The predicted octanol–water partition coefficient (Wildman–Crippen LogP) is 2.73. The van der Waals surface area contributed by atoms with E-state index in [0.717, 1.165) is 11.8 Å². The Bertz CT molecular complexity index is 925. The summed E-state index contributed by atoms with van der Waals surface area (Å²) in [6.45, 7) is 6.77. The van der Waals surface area contributed by atoms with Crippen LogP contribution in [0.2, 0.25) is 0 Å². The number of H-pyrrole nitrogens is 1. The zero-order valence-corrected chi connectivity index (χ0v) is 15.7. The molecular formula is C18H22N2O4S. The molecule has 0 fully saturated rings.